The molecule has 5 heteroatoms. The monoisotopic (exact) mass is 153 g/mol. The van der Waals surface area contributed by atoms with Gasteiger partial charge in [-0.25, -0.2) is 0 Å². The van der Waals surface area contributed by atoms with Gasteiger partial charge in [0.15, 0.2) is 0 Å². The summed E-state index contributed by atoms with van der Waals surface area (Å²) >= 11 is 0. The van der Waals surface area contributed by atoms with Crippen LogP contribution in [0.1, 0.15) is 0 Å². The van der Waals surface area contributed by atoms with E-state index in [1.807, 2.05) is 0 Å². The van der Waals surface area contributed by atoms with Crippen LogP contribution in [0.2, 0.25) is 0 Å². The summed E-state index contributed by atoms with van der Waals surface area (Å²) in [7, 11) is 0. The zero-order valence-electron chi connectivity index (χ0n) is 2.66. The van der Waals surface area contributed by atoms with Crippen molar-refractivity contribution in [3.05, 3.63) is 4.98 Å². The van der Waals surface area contributed by atoms with Gasteiger partial charge in [0.25, 0.3) is 4.98 Å². The van der Waals surface area contributed by atoms with Gasteiger partial charge in [-0.2, -0.15) is 4.79 Å². The molecule has 0 unspecified atom stereocenters. The number of carboxylic acid groups (broad SMARTS) is 1. The minimum absolute atomic E-state index is 0. The summed E-state index contributed by atoms with van der Waals surface area (Å²) in [6, 6.07) is 0. The van der Waals surface area contributed by atoms with Crippen molar-refractivity contribution < 1.29 is 9.90 Å². The predicted molar refractivity (Wildman–Crippen MR) is 18.9 cm³/mol. The normalized spacial score (nSPS) is 4.50. The molecule has 0 atom stereocenters. The molecule has 0 aliphatic carbocycles. The van der Waals surface area contributed by atoms with E-state index < -0.39 is 6.09 Å². The van der Waals surface area contributed by atoms with E-state index in [0.717, 1.165) is 0 Å². The van der Waals surface area contributed by atoms with Crippen LogP contribution in [0.15, 0.2) is 0 Å². The number of amides is 1. The molecule has 0 aromatic rings. The van der Waals surface area contributed by atoms with Gasteiger partial charge in [-0.3, -0.25) is 0 Å². The van der Waals surface area contributed by atoms with Gasteiger partial charge < -0.3 is 5.11 Å². The van der Waals surface area contributed by atoms with Crippen LogP contribution in [0.25, 0.3) is 4.98 Å². The van der Waals surface area contributed by atoms with Crippen molar-refractivity contribution in [2.45, 2.75) is 0 Å². The Morgan fingerprint density at radius 1 is 1.83 bits per heavy atom. The second-order valence-corrected chi connectivity index (χ2v) is 0.383. The van der Waals surface area contributed by atoms with Crippen molar-refractivity contribution in [1.82, 2.24) is 0 Å². The second-order valence-electron chi connectivity index (χ2n) is 0.383. The third-order valence-electron chi connectivity index (χ3n) is 0.0855. The summed E-state index contributed by atoms with van der Waals surface area (Å²) in [4.78, 5) is 10.8. The maximum absolute atomic E-state index is 8.95. The van der Waals surface area contributed by atoms with Crippen molar-refractivity contribution in [2.75, 3.05) is 0 Å². The van der Waals surface area contributed by atoms with Gasteiger partial charge in [0, 0.05) is 0 Å². The van der Waals surface area contributed by atoms with E-state index >= 15 is 0 Å². The van der Waals surface area contributed by atoms with E-state index in [-0.39, 0.29) is 17.1 Å². The zero-order chi connectivity index (χ0) is 4.28. The molecule has 0 rings (SSSR count). The Hall–Kier alpha value is -0.591. The molecule has 0 aliphatic heterocycles. The molecule has 0 aliphatic rings. The average molecular weight is 152 g/mol. The van der Waals surface area contributed by atoms with E-state index in [4.69, 9.17) is 15.3 Å². The van der Waals surface area contributed by atoms with Crippen LogP contribution in [0.4, 0.5) is 4.79 Å². The van der Waals surface area contributed by atoms with Crippen LogP contribution in [0.5, 0.6) is 0 Å². The molecule has 4 nitrogen and oxygen atoms in total. The van der Waals surface area contributed by atoms with Gasteiger partial charge in [0.2, 0.25) is 5.39 Å². The van der Waals surface area contributed by atoms with Gasteiger partial charge >= 0.3 is 23.2 Å². The fraction of sp³-hybridized carbons (Fsp3) is 0. The Morgan fingerprint density at radius 3 is 2.00 bits per heavy atom. The van der Waals surface area contributed by atoms with Crippen LogP contribution >= 0.6 is 0 Å². The largest absolute Gasteiger partial charge is 2.00 e. The minimum Gasteiger partial charge on any atom is -0.410 e. The number of hydrogen-bond donors (Lipinski definition) is 1. The van der Waals surface area contributed by atoms with E-state index in [2.05, 4.69) is 0 Å². The predicted octanol–water partition coefficient (Wildman–Crippen LogP) is 0.137. The van der Waals surface area contributed by atoms with E-state index in [1.165, 1.54) is 0 Å². The zero-order valence-corrected chi connectivity index (χ0v) is 4.37. The quantitative estimate of drug-likeness (QED) is 0.396. The summed E-state index contributed by atoms with van der Waals surface area (Å²) in [6.07, 6.45) is -1.56. The molecular weight excluding hydrogens is 151 g/mol. The first-order chi connectivity index (χ1) is 2.27. The van der Waals surface area contributed by atoms with Crippen LogP contribution in [-0.4, -0.2) is 28.3 Å². The third kappa shape index (κ3) is 9.96. The Morgan fingerprint density at radius 2 is 2.00 bits per heavy atom. The summed E-state index contributed by atoms with van der Waals surface area (Å²) in [5.74, 6) is 0. The SMILES string of the molecule is N#[N+]C(=O)O.[Se+2]. The van der Waals surface area contributed by atoms with Crippen LogP contribution < -0.4 is 0 Å². The molecule has 0 aromatic carbocycles. The molecule has 0 aromatic heterocycles. The topological polar surface area (TPSA) is 65.5 Å². The molecule has 1 N–H and O–H groups in total. The number of nitrogens with zero attached hydrogens (tertiary/aromatic N) is 2. The molecule has 0 heterocycles. The number of hydrogen-bond acceptors (Lipinski definition) is 2. The summed E-state index contributed by atoms with van der Waals surface area (Å²) in [6.45, 7) is 0. The minimum atomic E-state index is -1.56. The molecule has 0 bridgehead atoms. The molecule has 6 heavy (non-hydrogen) atoms. The maximum Gasteiger partial charge on any atom is 2.00 e. The van der Waals surface area contributed by atoms with Gasteiger partial charge in [0.05, 0.1) is 0 Å². The van der Waals surface area contributed by atoms with Gasteiger partial charge in [-0.1, -0.05) is 0 Å². The van der Waals surface area contributed by atoms with Gasteiger partial charge in [0.1, 0.15) is 0 Å². The average Bonchev–Trinajstić information content (AvgIpc) is 1.38. The van der Waals surface area contributed by atoms with Crippen LogP contribution in [0, 0.1) is 5.39 Å². The maximum atomic E-state index is 8.95. The Bertz CT molecular complexity index is 84.0. The third-order valence-corrected chi connectivity index (χ3v) is 0.0855. The van der Waals surface area contributed by atoms with Gasteiger partial charge in [-0.15, -0.1) is 0 Å². The smallest absolute Gasteiger partial charge is 0.410 e. The molecule has 30 valence electrons. The fourth-order valence-corrected chi connectivity index (χ4v) is 0. The first kappa shape index (κ1) is 9.05. The van der Waals surface area contributed by atoms with Crippen molar-refractivity contribution in [1.29, 1.82) is 5.39 Å². The van der Waals surface area contributed by atoms with Crippen molar-refractivity contribution >= 4 is 23.2 Å². The first-order valence-electron chi connectivity index (χ1n) is 0.851. The molecular formula is CHN2O2Se+3. The Labute approximate surface area is 44.3 Å². The van der Waals surface area contributed by atoms with Crippen molar-refractivity contribution in [3.63, 3.8) is 0 Å². The van der Waals surface area contributed by atoms with Crippen LogP contribution in [0.3, 0.4) is 0 Å². The van der Waals surface area contributed by atoms with Crippen LogP contribution in [-0.2, 0) is 0 Å². The molecule has 0 saturated carbocycles. The molecule has 4 radical (unpaired) electrons. The van der Waals surface area contributed by atoms with Crippen molar-refractivity contribution in [2.24, 2.45) is 0 Å². The number of diazo groups is 1. The fourth-order valence-electron chi connectivity index (χ4n) is 0. The van der Waals surface area contributed by atoms with Crippen molar-refractivity contribution in [3.8, 4) is 0 Å². The summed E-state index contributed by atoms with van der Waals surface area (Å²) in [5, 5.41) is 14.5. The van der Waals surface area contributed by atoms with E-state index in [9.17, 15) is 0 Å². The van der Waals surface area contributed by atoms with Gasteiger partial charge in [-0.05, 0) is 0 Å². The molecule has 1 amide bonds. The second kappa shape index (κ2) is 4.41. The Kier molecular flexibility index (Phi) is 6.65. The van der Waals surface area contributed by atoms with E-state index in [1.54, 1.807) is 4.98 Å². The Balaban J connectivity index is 0. The summed E-state index contributed by atoms with van der Waals surface area (Å²) in [5.41, 5.74) is 0. The number of carbonyl (C=O) groups is 1. The molecule has 0 saturated heterocycles. The molecule has 0 spiro atoms. The molecule has 0 fully saturated rings. The first-order valence-corrected chi connectivity index (χ1v) is 0.851. The standard InChI is InChI=1S/CN2O2.Se/c2-3-1(4)5;/q;+2/p+1. The summed E-state index contributed by atoms with van der Waals surface area (Å²) < 4.78 is 0. The number of rotatable bonds is 0. The van der Waals surface area contributed by atoms with E-state index in [0.29, 0.717) is 0 Å².